The van der Waals surface area contributed by atoms with Gasteiger partial charge in [-0.3, -0.25) is 0 Å². The lowest BCUT2D eigenvalue weighted by molar-refractivity contribution is 0.546. The first-order chi connectivity index (χ1) is 5.91. The van der Waals surface area contributed by atoms with Crippen molar-refractivity contribution < 1.29 is 4.57 Å². The SMILES string of the molecule is CCC(C)CP(=O)(Cl)CC(C)CC. The molecule has 0 aromatic rings. The molecule has 0 aliphatic rings. The van der Waals surface area contributed by atoms with Gasteiger partial charge in [0.25, 0.3) is 0 Å². The van der Waals surface area contributed by atoms with Gasteiger partial charge in [-0.15, -0.1) is 0 Å². The fourth-order valence-corrected chi connectivity index (χ4v) is 5.20. The van der Waals surface area contributed by atoms with E-state index in [-0.39, 0.29) is 0 Å². The van der Waals surface area contributed by atoms with Crippen molar-refractivity contribution in [1.82, 2.24) is 0 Å². The fourth-order valence-electron chi connectivity index (χ4n) is 1.26. The summed E-state index contributed by atoms with van der Waals surface area (Å²) in [5.74, 6) is 0.986. The van der Waals surface area contributed by atoms with E-state index >= 15 is 0 Å². The predicted octanol–water partition coefficient (Wildman–Crippen LogP) is 4.60. The lowest BCUT2D eigenvalue weighted by Gasteiger charge is -2.17. The molecule has 0 fully saturated rings. The van der Waals surface area contributed by atoms with E-state index in [1.54, 1.807) is 0 Å². The van der Waals surface area contributed by atoms with Gasteiger partial charge in [0.15, 0.2) is 6.49 Å². The molecule has 2 unspecified atom stereocenters. The molecule has 0 heterocycles. The molecule has 13 heavy (non-hydrogen) atoms. The van der Waals surface area contributed by atoms with Gasteiger partial charge in [0.2, 0.25) is 0 Å². The van der Waals surface area contributed by atoms with Gasteiger partial charge in [-0.05, 0) is 11.8 Å². The third-order valence-corrected chi connectivity index (χ3v) is 5.73. The first kappa shape index (κ1) is 13.5. The van der Waals surface area contributed by atoms with Gasteiger partial charge in [0, 0.05) is 12.3 Å². The normalized spacial score (nSPS) is 20.7. The maximum Gasteiger partial charge on any atom is 0.170 e. The molecule has 0 bridgehead atoms. The van der Waals surface area contributed by atoms with Crippen molar-refractivity contribution in [2.45, 2.75) is 40.5 Å². The molecule has 3 heteroatoms. The molecule has 0 aliphatic heterocycles. The Balaban J connectivity index is 4.00. The summed E-state index contributed by atoms with van der Waals surface area (Å²) in [6.45, 7) is 6.10. The Morgan fingerprint density at radius 1 is 1.08 bits per heavy atom. The van der Waals surface area contributed by atoms with Crippen molar-refractivity contribution in [3.63, 3.8) is 0 Å². The van der Waals surface area contributed by atoms with Crippen molar-refractivity contribution in [1.29, 1.82) is 0 Å². The summed E-state index contributed by atoms with van der Waals surface area (Å²) >= 11 is 6.04. The van der Waals surface area contributed by atoms with Crippen LogP contribution < -0.4 is 0 Å². The van der Waals surface area contributed by atoms with Crippen LogP contribution in [-0.4, -0.2) is 12.3 Å². The standard InChI is InChI=1S/C10H22ClOP/c1-5-9(3)7-13(11,12)8-10(4)6-2/h9-10H,5-8H2,1-4H3. The van der Waals surface area contributed by atoms with Crippen molar-refractivity contribution >= 4 is 17.7 Å². The highest BCUT2D eigenvalue weighted by atomic mass is 35.7. The molecule has 0 radical (unpaired) electrons. The second-order valence-electron chi connectivity index (χ2n) is 4.18. The van der Waals surface area contributed by atoms with Crippen molar-refractivity contribution in [3.05, 3.63) is 0 Å². The van der Waals surface area contributed by atoms with E-state index in [2.05, 4.69) is 27.7 Å². The van der Waals surface area contributed by atoms with Gasteiger partial charge in [0.05, 0.1) is 0 Å². The van der Waals surface area contributed by atoms with E-state index in [9.17, 15) is 4.57 Å². The third kappa shape index (κ3) is 6.57. The zero-order valence-electron chi connectivity index (χ0n) is 9.22. The first-order valence-electron chi connectivity index (χ1n) is 5.19. The Labute approximate surface area is 87.4 Å². The zero-order chi connectivity index (χ0) is 10.5. The largest absolute Gasteiger partial charge is 0.307 e. The highest BCUT2D eigenvalue weighted by Gasteiger charge is 2.23. The summed E-state index contributed by atoms with van der Waals surface area (Å²) in [5, 5.41) is 0. The van der Waals surface area contributed by atoms with E-state index in [1.165, 1.54) is 0 Å². The van der Waals surface area contributed by atoms with Crippen LogP contribution in [0.5, 0.6) is 0 Å². The number of halogens is 1. The average Bonchev–Trinajstić information content (AvgIpc) is 2.02. The highest BCUT2D eigenvalue weighted by Crippen LogP contribution is 2.54. The van der Waals surface area contributed by atoms with Crippen molar-refractivity contribution in [2.24, 2.45) is 11.8 Å². The van der Waals surface area contributed by atoms with Crippen LogP contribution in [0.4, 0.5) is 0 Å². The maximum absolute atomic E-state index is 11.9. The van der Waals surface area contributed by atoms with Crippen LogP contribution in [0.2, 0.25) is 0 Å². The molecule has 0 rings (SSSR count). The van der Waals surface area contributed by atoms with Gasteiger partial charge >= 0.3 is 0 Å². The number of hydrogen-bond acceptors (Lipinski definition) is 1. The molecule has 0 saturated heterocycles. The molecule has 0 aliphatic carbocycles. The van der Waals surface area contributed by atoms with Crippen LogP contribution in [0.3, 0.4) is 0 Å². The minimum absolute atomic E-state index is 0.493. The molecule has 0 aromatic heterocycles. The van der Waals surface area contributed by atoms with E-state index in [1.807, 2.05) is 0 Å². The summed E-state index contributed by atoms with van der Waals surface area (Å²) in [7, 11) is 0. The van der Waals surface area contributed by atoms with Crippen molar-refractivity contribution in [2.75, 3.05) is 12.3 Å². The quantitative estimate of drug-likeness (QED) is 0.603. The Kier molecular flexibility index (Phi) is 6.33. The van der Waals surface area contributed by atoms with Crippen LogP contribution in [0.25, 0.3) is 0 Å². The minimum atomic E-state index is -2.37. The molecular weight excluding hydrogens is 203 g/mol. The molecule has 2 atom stereocenters. The monoisotopic (exact) mass is 224 g/mol. The maximum atomic E-state index is 11.9. The van der Waals surface area contributed by atoms with Gasteiger partial charge < -0.3 is 4.57 Å². The lowest BCUT2D eigenvalue weighted by Crippen LogP contribution is -2.05. The van der Waals surface area contributed by atoms with Gasteiger partial charge in [0.1, 0.15) is 0 Å². The van der Waals surface area contributed by atoms with Crippen LogP contribution in [0, 0.1) is 11.8 Å². The van der Waals surface area contributed by atoms with E-state index < -0.39 is 6.49 Å². The third-order valence-electron chi connectivity index (χ3n) is 2.56. The van der Waals surface area contributed by atoms with Crippen LogP contribution >= 0.6 is 17.7 Å². The molecule has 80 valence electrons. The van der Waals surface area contributed by atoms with Crippen molar-refractivity contribution in [3.8, 4) is 0 Å². The topological polar surface area (TPSA) is 17.1 Å². The molecule has 0 spiro atoms. The summed E-state index contributed by atoms with van der Waals surface area (Å²) in [6, 6.07) is 0. The molecule has 0 saturated carbocycles. The second-order valence-corrected chi connectivity index (χ2v) is 8.34. The molecule has 1 nitrogen and oxygen atoms in total. The van der Waals surface area contributed by atoms with E-state index in [0.29, 0.717) is 24.2 Å². The summed E-state index contributed by atoms with van der Waals surface area (Å²) < 4.78 is 11.9. The lowest BCUT2D eigenvalue weighted by atomic mass is 10.2. The minimum Gasteiger partial charge on any atom is -0.307 e. The summed E-state index contributed by atoms with van der Waals surface area (Å²) in [5.41, 5.74) is 0. The predicted molar refractivity (Wildman–Crippen MR) is 62.1 cm³/mol. The molecular formula is C10H22ClOP. The smallest absolute Gasteiger partial charge is 0.170 e. The first-order valence-corrected chi connectivity index (χ1v) is 8.17. The molecule has 0 amide bonds. The Morgan fingerprint density at radius 2 is 1.38 bits per heavy atom. The second kappa shape index (κ2) is 6.09. The van der Waals surface area contributed by atoms with Gasteiger partial charge in [-0.25, -0.2) is 0 Å². The Morgan fingerprint density at radius 3 is 1.62 bits per heavy atom. The number of hydrogen-bond donors (Lipinski definition) is 0. The molecule has 0 aromatic carbocycles. The summed E-state index contributed by atoms with van der Waals surface area (Å²) in [4.78, 5) is 0. The van der Waals surface area contributed by atoms with E-state index in [0.717, 1.165) is 12.8 Å². The van der Waals surface area contributed by atoms with Crippen LogP contribution in [-0.2, 0) is 4.57 Å². The zero-order valence-corrected chi connectivity index (χ0v) is 10.9. The fraction of sp³-hybridized carbons (Fsp3) is 1.00. The van der Waals surface area contributed by atoms with Crippen LogP contribution in [0.1, 0.15) is 40.5 Å². The Hall–Kier alpha value is 0.520. The van der Waals surface area contributed by atoms with Crippen LogP contribution in [0.15, 0.2) is 0 Å². The summed E-state index contributed by atoms with van der Waals surface area (Å²) in [6.07, 6.45) is 3.54. The Bertz CT molecular complexity index is 166. The van der Waals surface area contributed by atoms with Gasteiger partial charge in [-0.2, -0.15) is 0 Å². The average molecular weight is 225 g/mol. The van der Waals surface area contributed by atoms with Gasteiger partial charge in [-0.1, -0.05) is 51.8 Å². The van der Waals surface area contributed by atoms with E-state index in [4.69, 9.17) is 11.2 Å². The molecule has 0 N–H and O–H groups in total. The highest BCUT2D eigenvalue weighted by molar-refractivity contribution is 7.89. The number of rotatable bonds is 6.